The molecule has 0 amide bonds. The van der Waals surface area contributed by atoms with E-state index in [4.69, 9.17) is 11.6 Å². The number of fused-ring (bicyclic) bond motifs is 1. The van der Waals surface area contributed by atoms with E-state index in [1.807, 2.05) is 0 Å². The number of rotatable bonds is 4. The van der Waals surface area contributed by atoms with Crippen molar-refractivity contribution in [2.24, 2.45) is 0 Å². The highest BCUT2D eigenvalue weighted by Gasteiger charge is 2.32. The second kappa shape index (κ2) is 5.21. The molecule has 16 heavy (non-hydrogen) atoms. The molecule has 2 saturated heterocycles. The van der Waals surface area contributed by atoms with Crippen molar-refractivity contribution in [3.8, 4) is 0 Å². The molecule has 6 heteroatoms. The summed E-state index contributed by atoms with van der Waals surface area (Å²) in [4.78, 5) is 2.48. The molecule has 0 aliphatic carbocycles. The molecule has 2 aliphatic rings. The molecule has 2 fully saturated rings. The lowest BCUT2D eigenvalue weighted by Crippen LogP contribution is -2.47. The summed E-state index contributed by atoms with van der Waals surface area (Å²) in [5.74, 6) is 0.192. The van der Waals surface area contributed by atoms with Crippen molar-refractivity contribution in [3.63, 3.8) is 0 Å². The molecule has 2 rings (SSSR count). The van der Waals surface area contributed by atoms with Gasteiger partial charge in [-0.3, -0.25) is 0 Å². The molecule has 0 spiro atoms. The Morgan fingerprint density at radius 3 is 2.88 bits per heavy atom. The molecule has 0 radical (unpaired) electrons. The van der Waals surface area contributed by atoms with Crippen molar-refractivity contribution in [3.05, 3.63) is 0 Å². The zero-order valence-electron chi connectivity index (χ0n) is 9.36. The van der Waals surface area contributed by atoms with Gasteiger partial charge in [-0.15, -0.1) is 11.6 Å². The van der Waals surface area contributed by atoms with Gasteiger partial charge in [-0.2, -0.15) is 0 Å². The van der Waals surface area contributed by atoms with E-state index in [9.17, 15) is 8.42 Å². The number of hydrogen-bond acceptors (Lipinski definition) is 3. The average Bonchev–Trinajstić information content (AvgIpc) is 2.63. The summed E-state index contributed by atoms with van der Waals surface area (Å²) in [6.45, 7) is 2.21. The number of halogens is 1. The van der Waals surface area contributed by atoms with Gasteiger partial charge < -0.3 is 4.90 Å². The van der Waals surface area contributed by atoms with Gasteiger partial charge in [0.15, 0.2) is 0 Å². The topological polar surface area (TPSA) is 49.4 Å². The van der Waals surface area contributed by atoms with Crippen LogP contribution in [0.2, 0.25) is 0 Å². The van der Waals surface area contributed by atoms with E-state index in [1.165, 1.54) is 19.4 Å². The smallest absolute Gasteiger partial charge is 0.213 e. The minimum absolute atomic E-state index is 0.0272. The summed E-state index contributed by atoms with van der Waals surface area (Å²) < 4.78 is 25.9. The summed E-state index contributed by atoms with van der Waals surface area (Å²) in [6.07, 6.45) is 4.36. The van der Waals surface area contributed by atoms with Crippen LogP contribution < -0.4 is 4.72 Å². The van der Waals surface area contributed by atoms with Gasteiger partial charge in [0.05, 0.1) is 5.75 Å². The van der Waals surface area contributed by atoms with Crippen LogP contribution in [0.15, 0.2) is 0 Å². The fourth-order valence-corrected chi connectivity index (χ4v) is 4.40. The minimum Gasteiger partial charge on any atom is -0.300 e. The third-order valence-corrected chi connectivity index (χ3v) is 5.36. The molecule has 0 aromatic rings. The molecule has 0 aromatic carbocycles. The van der Waals surface area contributed by atoms with E-state index in [-0.39, 0.29) is 17.7 Å². The van der Waals surface area contributed by atoms with Crippen LogP contribution in [-0.4, -0.2) is 50.1 Å². The van der Waals surface area contributed by atoms with Crippen molar-refractivity contribution in [1.82, 2.24) is 9.62 Å². The molecule has 94 valence electrons. The van der Waals surface area contributed by atoms with Crippen molar-refractivity contribution in [2.45, 2.75) is 37.8 Å². The summed E-state index contributed by atoms with van der Waals surface area (Å²) in [6, 6.07) is 0.713. The zero-order valence-corrected chi connectivity index (χ0v) is 10.9. The van der Waals surface area contributed by atoms with Crippen LogP contribution in [0.5, 0.6) is 0 Å². The van der Waals surface area contributed by atoms with E-state index in [1.54, 1.807) is 0 Å². The summed E-state index contributed by atoms with van der Waals surface area (Å²) in [5.41, 5.74) is 0. The Bertz CT molecular complexity index is 334. The van der Waals surface area contributed by atoms with Gasteiger partial charge in [0, 0.05) is 18.0 Å². The van der Waals surface area contributed by atoms with Gasteiger partial charge in [-0.1, -0.05) is 0 Å². The molecule has 2 heterocycles. The van der Waals surface area contributed by atoms with Crippen LogP contribution in [0.25, 0.3) is 0 Å². The van der Waals surface area contributed by atoms with Crippen LogP contribution in [0, 0.1) is 0 Å². The van der Waals surface area contributed by atoms with Crippen molar-refractivity contribution < 1.29 is 8.42 Å². The Morgan fingerprint density at radius 2 is 2.12 bits per heavy atom. The number of sulfonamides is 1. The highest BCUT2D eigenvalue weighted by atomic mass is 35.5. The third-order valence-electron chi connectivity index (χ3n) is 3.51. The van der Waals surface area contributed by atoms with E-state index in [0.29, 0.717) is 6.04 Å². The van der Waals surface area contributed by atoms with Crippen molar-refractivity contribution in [1.29, 1.82) is 0 Å². The van der Waals surface area contributed by atoms with E-state index in [0.717, 1.165) is 19.4 Å². The molecule has 0 aromatic heterocycles. The van der Waals surface area contributed by atoms with Gasteiger partial charge in [0.2, 0.25) is 10.0 Å². The average molecular weight is 267 g/mol. The van der Waals surface area contributed by atoms with Gasteiger partial charge in [0.1, 0.15) is 0 Å². The van der Waals surface area contributed by atoms with Gasteiger partial charge in [0.25, 0.3) is 0 Å². The summed E-state index contributed by atoms with van der Waals surface area (Å²) >= 11 is 5.47. The first-order valence-electron chi connectivity index (χ1n) is 5.91. The Morgan fingerprint density at radius 1 is 1.31 bits per heavy atom. The van der Waals surface area contributed by atoms with Gasteiger partial charge >= 0.3 is 0 Å². The van der Waals surface area contributed by atoms with E-state index < -0.39 is 10.0 Å². The lowest BCUT2D eigenvalue weighted by molar-refractivity contribution is 0.176. The van der Waals surface area contributed by atoms with E-state index >= 15 is 0 Å². The van der Waals surface area contributed by atoms with Gasteiger partial charge in [-0.05, 0) is 38.8 Å². The molecule has 1 N–H and O–H groups in total. The molecular weight excluding hydrogens is 248 g/mol. The van der Waals surface area contributed by atoms with Crippen molar-refractivity contribution >= 4 is 21.6 Å². The normalized spacial score (nSPS) is 31.6. The predicted molar refractivity (Wildman–Crippen MR) is 65.3 cm³/mol. The number of hydrogen-bond donors (Lipinski definition) is 1. The van der Waals surface area contributed by atoms with Gasteiger partial charge in [-0.25, -0.2) is 13.1 Å². The first-order valence-corrected chi connectivity index (χ1v) is 8.09. The summed E-state index contributed by atoms with van der Waals surface area (Å²) in [5, 5.41) is 0. The molecule has 0 bridgehead atoms. The molecule has 2 aliphatic heterocycles. The number of piperidine rings is 1. The molecule has 0 saturated carbocycles. The monoisotopic (exact) mass is 266 g/mol. The maximum atomic E-state index is 11.6. The van der Waals surface area contributed by atoms with Crippen LogP contribution in [0.3, 0.4) is 0 Å². The van der Waals surface area contributed by atoms with Crippen LogP contribution in [0.1, 0.15) is 25.7 Å². The SMILES string of the molecule is O=S(=O)(CCCl)NC1CCN2CCCC2C1. The number of nitrogens with one attached hydrogen (secondary N) is 1. The second-order valence-corrected chi connectivity index (χ2v) is 6.93. The first-order chi connectivity index (χ1) is 7.61. The van der Waals surface area contributed by atoms with Crippen LogP contribution in [0.4, 0.5) is 0 Å². The Hall–Kier alpha value is 0.160. The number of alkyl halides is 1. The lowest BCUT2D eigenvalue weighted by Gasteiger charge is -2.34. The van der Waals surface area contributed by atoms with Crippen LogP contribution >= 0.6 is 11.6 Å². The Kier molecular flexibility index (Phi) is 4.11. The highest BCUT2D eigenvalue weighted by Crippen LogP contribution is 2.27. The fraction of sp³-hybridized carbons (Fsp3) is 1.00. The standard InChI is InChI=1S/C10H19ClN2O2S/c11-4-7-16(14,15)12-9-3-6-13-5-1-2-10(13)8-9/h9-10,12H,1-8H2. The quantitative estimate of drug-likeness (QED) is 0.765. The number of nitrogens with zero attached hydrogens (tertiary/aromatic N) is 1. The summed E-state index contributed by atoms with van der Waals surface area (Å²) in [7, 11) is -3.16. The maximum absolute atomic E-state index is 11.6. The molecule has 4 nitrogen and oxygen atoms in total. The third kappa shape index (κ3) is 3.09. The van der Waals surface area contributed by atoms with Crippen molar-refractivity contribution in [2.75, 3.05) is 24.7 Å². The minimum atomic E-state index is -3.16. The lowest BCUT2D eigenvalue weighted by atomic mass is 9.99. The van der Waals surface area contributed by atoms with E-state index in [2.05, 4.69) is 9.62 Å². The second-order valence-electron chi connectivity index (χ2n) is 4.68. The zero-order chi connectivity index (χ0) is 11.6. The largest absolute Gasteiger partial charge is 0.300 e. The Balaban J connectivity index is 1.87. The first kappa shape index (κ1) is 12.6. The molecule has 2 unspecified atom stereocenters. The highest BCUT2D eigenvalue weighted by molar-refractivity contribution is 7.89. The Labute approximate surface area is 102 Å². The predicted octanol–water partition coefficient (Wildman–Crippen LogP) is 0.771. The fourth-order valence-electron chi connectivity index (χ4n) is 2.75. The molecule has 2 atom stereocenters. The van der Waals surface area contributed by atoms with Crippen LogP contribution in [-0.2, 0) is 10.0 Å². The maximum Gasteiger partial charge on any atom is 0.213 e. The molecular formula is C10H19ClN2O2S.